The lowest BCUT2D eigenvalue weighted by atomic mass is 9.90. The van der Waals surface area contributed by atoms with E-state index in [1.54, 1.807) is 0 Å². The number of amides is 1. The lowest BCUT2D eigenvalue weighted by Crippen LogP contribution is -2.64. The van der Waals surface area contributed by atoms with Crippen molar-refractivity contribution in [2.24, 2.45) is 5.92 Å². The summed E-state index contributed by atoms with van der Waals surface area (Å²) >= 11 is 0. The Bertz CT molecular complexity index is 741. The van der Waals surface area contributed by atoms with Gasteiger partial charge in [0.2, 0.25) is 5.91 Å². The molecular weight excluding hydrogens is 520 g/mol. The van der Waals surface area contributed by atoms with Crippen molar-refractivity contribution < 1.29 is 75.8 Å². The van der Waals surface area contributed by atoms with E-state index in [1.165, 1.54) is 5.32 Å². The highest BCUT2D eigenvalue weighted by Crippen LogP contribution is 2.53. The molecule has 2 unspecified atom stereocenters. The first-order valence-electron chi connectivity index (χ1n) is 8.76. The molecule has 1 amide bonds. The second kappa shape index (κ2) is 9.64. The maximum Gasteiger partial charge on any atom is 0.462 e. The van der Waals surface area contributed by atoms with Gasteiger partial charge in [0.15, 0.2) is 0 Å². The zero-order valence-corrected chi connectivity index (χ0v) is 17.2. The number of ketones is 1. The highest BCUT2D eigenvalue weighted by molar-refractivity contribution is 5.82. The van der Waals surface area contributed by atoms with Crippen molar-refractivity contribution in [3.05, 3.63) is 0 Å². The van der Waals surface area contributed by atoms with Crippen LogP contribution in [0, 0.1) is 5.92 Å². The minimum Gasteiger partial charge on any atom is -0.350 e. The number of carbonyl (C=O) groups excluding carboxylic acids is 2. The lowest BCUT2D eigenvalue weighted by molar-refractivity contribution is -0.488. The van der Waals surface area contributed by atoms with Crippen LogP contribution in [-0.4, -0.2) is 53.6 Å². The zero-order chi connectivity index (χ0) is 27.8. The summed E-state index contributed by atoms with van der Waals surface area (Å²) in [4.78, 5) is 23.4. The summed E-state index contributed by atoms with van der Waals surface area (Å²) in [6, 6.07) is 0. The molecule has 0 aliphatic heterocycles. The Labute approximate surface area is 182 Å². The van der Waals surface area contributed by atoms with Crippen molar-refractivity contribution in [3.63, 3.8) is 0 Å². The predicted molar refractivity (Wildman–Crippen MR) is 83.2 cm³/mol. The SMILES string of the molecule is CC(=O)CC(C)(C)NC(=O)C(CCC(F)(F)F)C(F)(OC(F)(F)C(F)(F)C(F)(F)F)C(F)(F)F. The molecule has 0 fully saturated rings. The Balaban J connectivity index is 6.64. The van der Waals surface area contributed by atoms with Crippen molar-refractivity contribution in [3.8, 4) is 0 Å². The van der Waals surface area contributed by atoms with Crippen LogP contribution >= 0.6 is 0 Å². The molecule has 0 bridgehead atoms. The van der Waals surface area contributed by atoms with Gasteiger partial charge in [-0.05, 0) is 27.2 Å². The van der Waals surface area contributed by atoms with Gasteiger partial charge < -0.3 is 5.32 Å². The summed E-state index contributed by atoms with van der Waals surface area (Å²) < 4.78 is 184. The summed E-state index contributed by atoms with van der Waals surface area (Å²) in [7, 11) is 0. The Morgan fingerprint density at radius 1 is 0.794 bits per heavy atom. The number of alkyl halides is 14. The zero-order valence-electron chi connectivity index (χ0n) is 17.2. The highest BCUT2D eigenvalue weighted by atomic mass is 19.4. The van der Waals surface area contributed by atoms with Crippen molar-refractivity contribution in [1.29, 1.82) is 0 Å². The third-order valence-corrected chi connectivity index (χ3v) is 4.02. The van der Waals surface area contributed by atoms with Crippen LogP contribution in [0.15, 0.2) is 0 Å². The van der Waals surface area contributed by atoms with Crippen LogP contribution in [0.25, 0.3) is 0 Å². The summed E-state index contributed by atoms with van der Waals surface area (Å²) in [6.07, 6.45) is -32.7. The van der Waals surface area contributed by atoms with E-state index in [2.05, 4.69) is 4.74 Å². The molecule has 0 heterocycles. The molecule has 0 radical (unpaired) electrons. The molecular formula is C16H17F14NO3. The summed E-state index contributed by atoms with van der Waals surface area (Å²) in [5.41, 5.74) is -1.94. The molecule has 18 heteroatoms. The molecule has 1 N–H and O–H groups in total. The molecule has 0 aromatic heterocycles. The van der Waals surface area contributed by atoms with E-state index in [1.807, 2.05) is 0 Å². The summed E-state index contributed by atoms with van der Waals surface area (Å²) in [5, 5.41) is 1.45. The number of nitrogens with one attached hydrogen (secondary N) is 1. The van der Waals surface area contributed by atoms with Gasteiger partial charge in [0, 0.05) is 18.4 Å². The number of halogens is 14. The average molecular weight is 537 g/mol. The number of hydrogen-bond donors (Lipinski definition) is 1. The van der Waals surface area contributed by atoms with Gasteiger partial charge in [-0.3, -0.25) is 14.3 Å². The predicted octanol–water partition coefficient (Wildman–Crippen LogP) is 5.85. The second-order valence-electron chi connectivity index (χ2n) is 7.79. The summed E-state index contributed by atoms with van der Waals surface area (Å²) in [6.45, 7) is 2.65. The molecule has 0 saturated carbocycles. The van der Waals surface area contributed by atoms with Gasteiger partial charge in [0.05, 0.1) is 0 Å². The molecule has 0 aromatic rings. The number of ether oxygens (including phenoxy) is 1. The van der Waals surface area contributed by atoms with Gasteiger partial charge in [0.25, 0.3) is 0 Å². The van der Waals surface area contributed by atoms with Gasteiger partial charge in [0.1, 0.15) is 11.7 Å². The van der Waals surface area contributed by atoms with Crippen LogP contribution in [0.1, 0.15) is 40.0 Å². The number of hydrogen-bond acceptors (Lipinski definition) is 3. The Morgan fingerprint density at radius 2 is 1.24 bits per heavy atom. The third-order valence-electron chi connectivity index (χ3n) is 4.02. The first-order valence-corrected chi connectivity index (χ1v) is 8.76. The first-order chi connectivity index (χ1) is 14.6. The van der Waals surface area contributed by atoms with Crippen LogP contribution < -0.4 is 5.32 Å². The van der Waals surface area contributed by atoms with E-state index in [0.29, 0.717) is 0 Å². The quantitative estimate of drug-likeness (QED) is 0.356. The normalized spacial score (nSPS) is 17.2. The van der Waals surface area contributed by atoms with E-state index in [9.17, 15) is 71.1 Å². The van der Waals surface area contributed by atoms with E-state index < -0.39 is 78.8 Å². The van der Waals surface area contributed by atoms with Crippen molar-refractivity contribution >= 4 is 11.7 Å². The van der Waals surface area contributed by atoms with Gasteiger partial charge in [-0.15, -0.1) is 0 Å². The largest absolute Gasteiger partial charge is 0.462 e. The number of carbonyl (C=O) groups is 2. The Hall–Kier alpha value is -1.88. The van der Waals surface area contributed by atoms with Crippen molar-refractivity contribution in [1.82, 2.24) is 5.32 Å². The maximum absolute atomic E-state index is 14.8. The van der Waals surface area contributed by atoms with Crippen LogP contribution in [-0.2, 0) is 14.3 Å². The molecule has 0 rings (SSSR count). The molecule has 4 nitrogen and oxygen atoms in total. The van der Waals surface area contributed by atoms with E-state index >= 15 is 0 Å². The van der Waals surface area contributed by atoms with Gasteiger partial charge >= 0.3 is 36.4 Å². The molecule has 0 aliphatic carbocycles. The minimum absolute atomic E-state index is 0.737. The molecule has 2 atom stereocenters. The fourth-order valence-electron chi connectivity index (χ4n) is 2.62. The number of Topliss-reactive ketones (excluding diaryl/α,β-unsaturated/α-hetero) is 1. The molecule has 34 heavy (non-hydrogen) atoms. The van der Waals surface area contributed by atoms with Gasteiger partial charge in [-0.2, -0.15) is 57.1 Å². The van der Waals surface area contributed by atoms with Crippen LogP contribution in [0.4, 0.5) is 61.5 Å². The summed E-state index contributed by atoms with van der Waals surface area (Å²) in [5.74, 6) is -21.2. The second-order valence-corrected chi connectivity index (χ2v) is 7.79. The fraction of sp³-hybridized carbons (Fsp3) is 0.875. The molecule has 0 spiro atoms. The Morgan fingerprint density at radius 3 is 1.56 bits per heavy atom. The molecule has 0 saturated heterocycles. The van der Waals surface area contributed by atoms with Crippen LogP contribution in [0.2, 0.25) is 0 Å². The van der Waals surface area contributed by atoms with E-state index in [-0.39, 0.29) is 0 Å². The number of rotatable bonds is 10. The molecule has 0 aromatic carbocycles. The van der Waals surface area contributed by atoms with Crippen molar-refractivity contribution in [2.45, 2.75) is 82.0 Å². The highest BCUT2D eigenvalue weighted by Gasteiger charge is 2.79. The van der Waals surface area contributed by atoms with E-state index in [0.717, 1.165) is 20.8 Å². The van der Waals surface area contributed by atoms with Crippen LogP contribution in [0.5, 0.6) is 0 Å². The monoisotopic (exact) mass is 537 g/mol. The lowest BCUT2D eigenvalue weighted by Gasteiger charge is -2.39. The fourth-order valence-corrected chi connectivity index (χ4v) is 2.62. The third kappa shape index (κ3) is 7.83. The van der Waals surface area contributed by atoms with Gasteiger partial charge in [-0.1, -0.05) is 0 Å². The maximum atomic E-state index is 14.8. The van der Waals surface area contributed by atoms with Gasteiger partial charge in [-0.25, -0.2) is 4.39 Å². The molecule has 202 valence electrons. The topological polar surface area (TPSA) is 55.4 Å². The van der Waals surface area contributed by atoms with Crippen LogP contribution in [0.3, 0.4) is 0 Å². The van der Waals surface area contributed by atoms with Crippen molar-refractivity contribution in [2.75, 3.05) is 0 Å². The standard InChI is InChI=1S/C16H17F14NO3/c1-7(32)6-10(2,3)31-9(33)8(4-5-11(17,18)19)12(20,14(23,24)25)34-16(29,30)13(21,22)15(26,27)28/h8H,4-6H2,1-3H3,(H,31,33). The Kier molecular flexibility index (Phi) is 9.11. The average Bonchev–Trinajstić information content (AvgIpc) is 2.48. The minimum atomic E-state index is -7.46. The molecule has 0 aliphatic rings. The van der Waals surface area contributed by atoms with E-state index in [4.69, 9.17) is 0 Å². The first kappa shape index (κ1) is 32.1. The smallest absolute Gasteiger partial charge is 0.350 e.